The number of fused-ring (bicyclic) bond motifs is 1. The van der Waals surface area contributed by atoms with Crippen molar-refractivity contribution in [3.8, 4) is 22.6 Å². The lowest BCUT2D eigenvalue weighted by Gasteiger charge is -2.25. The van der Waals surface area contributed by atoms with Gasteiger partial charge in [-0.1, -0.05) is 6.07 Å². The van der Waals surface area contributed by atoms with Gasteiger partial charge in [-0.25, -0.2) is 4.98 Å². The van der Waals surface area contributed by atoms with Gasteiger partial charge in [-0.05, 0) is 69.6 Å². The van der Waals surface area contributed by atoms with E-state index in [0.717, 1.165) is 77.8 Å². The van der Waals surface area contributed by atoms with E-state index in [1.54, 1.807) is 0 Å². The normalized spacial score (nSPS) is 19.3. The van der Waals surface area contributed by atoms with Crippen molar-refractivity contribution in [3.63, 3.8) is 0 Å². The van der Waals surface area contributed by atoms with Crippen molar-refractivity contribution in [2.45, 2.75) is 32.2 Å². The molecule has 2 fully saturated rings. The summed E-state index contributed by atoms with van der Waals surface area (Å²) in [5.41, 5.74) is 7.49. The fourth-order valence-electron chi connectivity index (χ4n) is 5.31. The minimum Gasteiger partial charge on any atom is -0.369 e. The maximum Gasteiger partial charge on any atom is 0.0928 e. The number of rotatable bonds is 5. The molecule has 0 radical (unpaired) electrons. The predicted molar refractivity (Wildman–Crippen MR) is 139 cm³/mol. The Labute approximate surface area is 205 Å². The second-order valence-corrected chi connectivity index (χ2v) is 9.69. The highest BCUT2D eigenvalue weighted by molar-refractivity contribution is 5.84. The lowest BCUT2D eigenvalue weighted by Crippen LogP contribution is -2.39. The number of anilines is 1. The molecule has 2 aliphatic heterocycles. The number of pyridine rings is 3. The van der Waals surface area contributed by atoms with E-state index in [4.69, 9.17) is 9.97 Å². The van der Waals surface area contributed by atoms with Gasteiger partial charge in [-0.3, -0.25) is 20.0 Å². The Hall–Kier alpha value is -3.36. The van der Waals surface area contributed by atoms with Crippen molar-refractivity contribution in [1.82, 2.24) is 35.4 Å². The van der Waals surface area contributed by atoms with Gasteiger partial charge in [-0.15, -0.1) is 0 Å². The van der Waals surface area contributed by atoms with Crippen LogP contribution in [-0.4, -0.2) is 75.4 Å². The first-order valence-electron chi connectivity index (χ1n) is 12.7. The summed E-state index contributed by atoms with van der Waals surface area (Å²) in [6, 6.07) is 12.9. The first-order valence-corrected chi connectivity index (χ1v) is 12.7. The van der Waals surface area contributed by atoms with Crippen molar-refractivity contribution in [2.24, 2.45) is 0 Å². The summed E-state index contributed by atoms with van der Waals surface area (Å²) in [5.74, 6) is 0. The van der Waals surface area contributed by atoms with Gasteiger partial charge in [0.05, 0.1) is 46.2 Å². The molecule has 6 heterocycles. The molecule has 180 valence electrons. The third-order valence-corrected chi connectivity index (χ3v) is 7.18. The number of hydrogen-bond acceptors (Lipinski definition) is 7. The summed E-state index contributed by atoms with van der Waals surface area (Å²) in [7, 11) is 0. The Morgan fingerprint density at radius 1 is 0.943 bits per heavy atom. The van der Waals surface area contributed by atoms with Crippen LogP contribution in [0.5, 0.6) is 0 Å². The molecular formula is C27H32N8. The molecule has 2 aliphatic rings. The Bertz CT molecular complexity index is 1310. The topological polar surface area (TPSA) is 85.9 Å². The van der Waals surface area contributed by atoms with E-state index in [9.17, 15) is 0 Å². The molecule has 0 aliphatic carbocycles. The van der Waals surface area contributed by atoms with Crippen LogP contribution in [0, 0.1) is 6.92 Å². The summed E-state index contributed by atoms with van der Waals surface area (Å²) in [4.78, 5) is 19.5. The zero-order valence-electron chi connectivity index (χ0n) is 20.2. The predicted octanol–water partition coefficient (Wildman–Crippen LogP) is 3.65. The molecule has 4 aromatic heterocycles. The number of aromatic nitrogens is 5. The largest absolute Gasteiger partial charge is 0.369 e. The molecule has 8 nitrogen and oxygen atoms in total. The number of nitrogens with zero attached hydrogens (tertiary/aromatic N) is 6. The van der Waals surface area contributed by atoms with Crippen LogP contribution in [0.1, 0.15) is 25.0 Å². The van der Waals surface area contributed by atoms with Crippen LogP contribution < -0.4 is 10.2 Å². The maximum absolute atomic E-state index is 4.99. The first kappa shape index (κ1) is 22.1. The quantitative estimate of drug-likeness (QED) is 0.462. The summed E-state index contributed by atoms with van der Waals surface area (Å²) >= 11 is 0. The second kappa shape index (κ2) is 9.71. The molecule has 0 amide bonds. The molecule has 8 heteroatoms. The SMILES string of the molecule is Cc1cccc(-c2[nH]ncc2-c2ccc3ncc(N4CCCN(CC5CCCN5)CC4)cc3n2)n1. The molecular weight excluding hydrogens is 436 g/mol. The smallest absolute Gasteiger partial charge is 0.0928 e. The lowest BCUT2D eigenvalue weighted by molar-refractivity contribution is 0.266. The summed E-state index contributed by atoms with van der Waals surface area (Å²) in [6.07, 6.45) is 7.61. The van der Waals surface area contributed by atoms with Crippen molar-refractivity contribution < 1.29 is 0 Å². The highest BCUT2D eigenvalue weighted by Gasteiger charge is 2.21. The molecule has 2 saturated heterocycles. The van der Waals surface area contributed by atoms with Gasteiger partial charge < -0.3 is 10.2 Å². The maximum atomic E-state index is 4.99. The van der Waals surface area contributed by atoms with E-state index in [0.29, 0.717) is 6.04 Å². The minimum absolute atomic E-state index is 0.661. The lowest BCUT2D eigenvalue weighted by atomic mass is 10.1. The van der Waals surface area contributed by atoms with Crippen LogP contribution in [0.15, 0.2) is 48.8 Å². The summed E-state index contributed by atoms with van der Waals surface area (Å²) < 4.78 is 0. The van der Waals surface area contributed by atoms with Gasteiger partial charge in [0, 0.05) is 43.5 Å². The highest BCUT2D eigenvalue weighted by Crippen LogP contribution is 2.30. The zero-order chi connectivity index (χ0) is 23.6. The van der Waals surface area contributed by atoms with Crippen LogP contribution in [0.2, 0.25) is 0 Å². The molecule has 1 unspecified atom stereocenters. The van der Waals surface area contributed by atoms with E-state index in [1.165, 1.54) is 25.8 Å². The van der Waals surface area contributed by atoms with E-state index in [1.807, 2.05) is 49.6 Å². The van der Waals surface area contributed by atoms with Crippen LogP contribution in [0.4, 0.5) is 5.69 Å². The average Bonchev–Trinajstić information content (AvgIpc) is 3.52. The Morgan fingerprint density at radius 3 is 2.80 bits per heavy atom. The molecule has 35 heavy (non-hydrogen) atoms. The molecule has 0 spiro atoms. The number of aromatic amines is 1. The van der Waals surface area contributed by atoms with Crippen molar-refractivity contribution >= 4 is 16.7 Å². The second-order valence-electron chi connectivity index (χ2n) is 9.69. The van der Waals surface area contributed by atoms with Gasteiger partial charge in [-0.2, -0.15) is 5.10 Å². The van der Waals surface area contributed by atoms with Gasteiger partial charge in [0.25, 0.3) is 0 Å². The van der Waals surface area contributed by atoms with Gasteiger partial charge in [0.15, 0.2) is 0 Å². The third-order valence-electron chi connectivity index (χ3n) is 7.18. The number of aryl methyl sites for hydroxylation is 1. The number of H-pyrrole nitrogens is 1. The van der Waals surface area contributed by atoms with Crippen LogP contribution >= 0.6 is 0 Å². The monoisotopic (exact) mass is 468 g/mol. The summed E-state index contributed by atoms with van der Waals surface area (Å²) in [6.45, 7) is 8.65. The Balaban J connectivity index is 1.24. The molecule has 2 N–H and O–H groups in total. The van der Waals surface area contributed by atoms with E-state index < -0.39 is 0 Å². The van der Waals surface area contributed by atoms with Crippen molar-refractivity contribution in [1.29, 1.82) is 0 Å². The van der Waals surface area contributed by atoms with Crippen molar-refractivity contribution in [2.75, 3.05) is 44.2 Å². The Kier molecular flexibility index (Phi) is 6.14. The van der Waals surface area contributed by atoms with Crippen molar-refractivity contribution in [3.05, 3.63) is 54.5 Å². The molecule has 4 aromatic rings. The van der Waals surface area contributed by atoms with E-state index >= 15 is 0 Å². The van der Waals surface area contributed by atoms with Gasteiger partial charge in [0.1, 0.15) is 0 Å². The number of hydrogen-bond donors (Lipinski definition) is 2. The fraction of sp³-hybridized carbons (Fsp3) is 0.407. The fourth-order valence-corrected chi connectivity index (χ4v) is 5.31. The van der Waals surface area contributed by atoms with Gasteiger partial charge >= 0.3 is 0 Å². The minimum atomic E-state index is 0.661. The Morgan fingerprint density at radius 2 is 1.91 bits per heavy atom. The standard InChI is InChI=1S/C27H32N8/c1-19-5-2-7-25(31-19)27-22(17-30-33-27)23-8-9-24-26(32-23)15-21(16-29-24)35-12-4-11-34(13-14-35)18-20-6-3-10-28-20/h2,5,7-9,15-17,20,28H,3-4,6,10-14,18H2,1H3,(H,30,33). The molecule has 0 bridgehead atoms. The van der Waals surface area contributed by atoms with Crippen LogP contribution in [0.25, 0.3) is 33.7 Å². The highest BCUT2D eigenvalue weighted by atomic mass is 15.2. The summed E-state index contributed by atoms with van der Waals surface area (Å²) in [5, 5.41) is 11.0. The third kappa shape index (κ3) is 4.76. The molecule has 0 saturated carbocycles. The zero-order valence-corrected chi connectivity index (χ0v) is 20.2. The number of nitrogens with one attached hydrogen (secondary N) is 2. The average molecular weight is 469 g/mol. The van der Waals surface area contributed by atoms with Gasteiger partial charge in [0.2, 0.25) is 0 Å². The van der Waals surface area contributed by atoms with E-state index in [2.05, 4.69) is 36.4 Å². The first-order chi connectivity index (χ1) is 17.2. The molecule has 6 rings (SSSR count). The van der Waals surface area contributed by atoms with E-state index in [-0.39, 0.29) is 0 Å². The van der Waals surface area contributed by atoms with Crippen LogP contribution in [0.3, 0.4) is 0 Å². The molecule has 0 aromatic carbocycles. The molecule has 1 atom stereocenters. The van der Waals surface area contributed by atoms with Crippen LogP contribution in [-0.2, 0) is 0 Å².